The lowest BCUT2D eigenvalue weighted by Gasteiger charge is -2.12. The van der Waals surface area contributed by atoms with Crippen LogP contribution in [0.5, 0.6) is 5.75 Å². The number of nitrogens with one attached hydrogen (secondary N) is 1. The van der Waals surface area contributed by atoms with Crippen LogP contribution in [0.4, 0.5) is 10.4 Å². The van der Waals surface area contributed by atoms with E-state index in [1.807, 2.05) is 20.8 Å². The van der Waals surface area contributed by atoms with Crippen LogP contribution in [0.2, 0.25) is 0 Å². The number of sulfonamides is 1. The van der Waals surface area contributed by atoms with Crippen molar-refractivity contribution in [2.24, 2.45) is 0 Å². The molecule has 0 radical (unpaired) electrons. The van der Waals surface area contributed by atoms with Crippen LogP contribution in [0.1, 0.15) is 32.2 Å². The minimum atomic E-state index is -4.07. The summed E-state index contributed by atoms with van der Waals surface area (Å²) in [4.78, 5) is -0.230. The highest BCUT2D eigenvalue weighted by molar-refractivity contribution is 7.92. The zero-order chi connectivity index (χ0) is 17.4. The average molecular weight is 343 g/mol. The molecule has 0 bridgehead atoms. The predicted octanol–water partition coefficient (Wildman–Crippen LogP) is 2.62. The van der Waals surface area contributed by atoms with E-state index in [9.17, 15) is 12.8 Å². The molecule has 0 aliphatic rings. The van der Waals surface area contributed by atoms with Gasteiger partial charge in [-0.1, -0.05) is 25.9 Å². The summed E-state index contributed by atoms with van der Waals surface area (Å²) in [5.74, 6) is -0.488. The van der Waals surface area contributed by atoms with Gasteiger partial charge in [0.05, 0.1) is 12.0 Å². The summed E-state index contributed by atoms with van der Waals surface area (Å²) in [6.45, 7) is 6.90. The standard InChI is InChI=1S/C14H18FN3O4S/c1-8-10(7-6-9(21-5)11(8)15)23(19,20)18-13-17-16-12(22-13)14(2,3)4/h6-7H,1-5H3,(H,17,18). The molecule has 0 atom stereocenters. The van der Waals surface area contributed by atoms with Gasteiger partial charge < -0.3 is 9.15 Å². The van der Waals surface area contributed by atoms with Crippen LogP contribution in [-0.4, -0.2) is 25.7 Å². The highest BCUT2D eigenvalue weighted by Gasteiger charge is 2.26. The number of aromatic nitrogens is 2. The third-order valence-electron chi connectivity index (χ3n) is 3.10. The Morgan fingerprint density at radius 2 is 1.91 bits per heavy atom. The topological polar surface area (TPSA) is 94.3 Å². The van der Waals surface area contributed by atoms with Crippen molar-refractivity contribution in [2.45, 2.75) is 38.0 Å². The lowest BCUT2D eigenvalue weighted by Crippen LogP contribution is -2.15. The van der Waals surface area contributed by atoms with E-state index < -0.39 is 21.3 Å². The number of hydrogen-bond donors (Lipinski definition) is 1. The molecule has 9 heteroatoms. The molecule has 0 aliphatic heterocycles. The first-order valence-electron chi connectivity index (χ1n) is 6.76. The smallest absolute Gasteiger partial charge is 0.329 e. The molecule has 0 unspecified atom stereocenters. The van der Waals surface area contributed by atoms with Gasteiger partial charge >= 0.3 is 6.01 Å². The van der Waals surface area contributed by atoms with E-state index in [1.165, 1.54) is 26.2 Å². The highest BCUT2D eigenvalue weighted by Crippen LogP contribution is 2.28. The maximum atomic E-state index is 14.0. The maximum Gasteiger partial charge on any atom is 0.329 e. The molecule has 1 aromatic heterocycles. The molecular weight excluding hydrogens is 325 g/mol. The first-order chi connectivity index (χ1) is 10.6. The molecule has 0 amide bonds. The normalized spacial score (nSPS) is 12.3. The molecule has 126 valence electrons. The highest BCUT2D eigenvalue weighted by atomic mass is 32.2. The summed E-state index contributed by atoms with van der Waals surface area (Å²) in [5, 5.41) is 7.45. The molecule has 1 heterocycles. The fraction of sp³-hybridized carbons (Fsp3) is 0.429. The van der Waals surface area contributed by atoms with Gasteiger partial charge in [-0.2, -0.15) is 0 Å². The third kappa shape index (κ3) is 3.44. The summed E-state index contributed by atoms with van der Waals surface area (Å²) in [6, 6.07) is 2.22. The minimum absolute atomic E-state index is 0.0331. The van der Waals surface area contributed by atoms with E-state index in [4.69, 9.17) is 9.15 Å². The Bertz CT molecular complexity index is 825. The Morgan fingerprint density at radius 1 is 1.26 bits per heavy atom. The van der Waals surface area contributed by atoms with Gasteiger partial charge in [-0.3, -0.25) is 0 Å². The zero-order valence-electron chi connectivity index (χ0n) is 13.5. The van der Waals surface area contributed by atoms with Gasteiger partial charge in [0.2, 0.25) is 5.89 Å². The van der Waals surface area contributed by atoms with Crippen LogP contribution in [-0.2, 0) is 15.4 Å². The second-order valence-electron chi connectivity index (χ2n) is 5.97. The van der Waals surface area contributed by atoms with Crippen LogP contribution < -0.4 is 9.46 Å². The summed E-state index contributed by atoms with van der Waals surface area (Å²) in [5.41, 5.74) is -0.480. The Labute approximate surface area is 133 Å². The summed E-state index contributed by atoms with van der Waals surface area (Å²) >= 11 is 0. The largest absolute Gasteiger partial charge is 0.494 e. The first kappa shape index (κ1) is 17.2. The van der Waals surface area contributed by atoms with Crippen molar-refractivity contribution in [3.05, 3.63) is 29.4 Å². The van der Waals surface area contributed by atoms with Crippen LogP contribution >= 0.6 is 0 Å². The average Bonchev–Trinajstić information content (AvgIpc) is 2.89. The van der Waals surface area contributed by atoms with Gasteiger partial charge in [-0.15, -0.1) is 5.10 Å². The minimum Gasteiger partial charge on any atom is -0.494 e. The van der Waals surface area contributed by atoms with E-state index in [1.54, 1.807) is 0 Å². The van der Waals surface area contributed by atoms with Crippen LogP contribution in [0.15, 0.2) is 21.4 Å². The number of benzene rings is 1. The zero-order valence-corrected chi connectivity index (χ0v) is 14.3. The van der Waals surface area contributed by atoms with Gasteiger partial charge in [0.15, 0.2) is 11.6 Å². The molecule has 1 N–H and O–H groups in total. The number of ether oxygens (including phenoxy) is 1. The third-order valence-corrected chi connectivity index (χ3v) is 4.56. The maximum absolute atomic E-state index is 14.0. The van der Waals surface area contributed by atoms with Crippen LogP contribution in [0.3, 0.4) is 0 Å². The fourth-order valence-electron chi connectivity index (χ4n) is 1.83. The second-order valence-corrected chi connectivity index (χ2v) is 7.62. The van der Waals surface area contributed by atoms with E-state index >= 15 is 0 Å². The van der Waals surface area contributed by atoms with Gasteiger partial charge in [0, 0.05) is 11.0 Å². The molecule has 2 aromatic rings. The van der Waals surface area contributed by atoms with Gasteiger partial charge in [-0.05, 0) is 19.1 Å². The molecule has 7 nitrogen and oxygen atoms in total. The number of nitrogens with zero attached hydrogens (tertiary/aromatic N) is 2. The SMILES string of the molecule is COc1ccc(S(=O)(=O)Nc2nnc(C(C)(C)C)o2)c(C)c1F. The molecular formula is C14H18FN3O4S. The molecule has 2 rings (SSSR count). The Balaban J connectivity index is 2.36. The molecule has 23 heavy (non-hydrogen) atoms. The lowest BCUT2D eigenvalue weighted by atomic mass is 9.97. The van der Waals surface area contributed by atoms with Crippen molar-refractivity contribution >= 4 is 16.0 Å². The van der Waals surface area contributed by atoms with Gasteiger partial charge in [0.1, 0.15) is 0 Å². The lowest BCUT2D eigenvalue weighted by molar-refractivity contribution is 0.384. The summed E-state index contributed by atoms with van der Waals surface area (Å²) in [7, 11) is -2.76. The molecule has 0 saturated heterocycles. The Hall–Kier alpha value is -2.16. The monoisotopic (exact) mass is 343 g/mol. The number of methoxy groups -OCH3 is 1. The summed E-state index contributed by atoms with van der Waals surface area (Å²) in [6.07, 6.45) is 0. The van der Waals surface area contributed by atoms with Crippen LogP contribution in [0.25, 0.3) is 0 Å². The van der Waals surface area contributed by atoms with Crippen molar-refractivity contribution in [1.29, 1.82) is 0 Å². The number of anilines is 1. The van der Waals surface area contributed by atoms with E-state index in [2.05, 4.69) is 14.9 Å². The second kappa shape index (κ2) is 5.80. The van der Waals surface area contributed by atoms with Gasteiger partial charge in [-0.25, -0.2) is 17.5 Å². The molecule has 1 aromatic carbocycles. The quantitative estimate of drug-likeness (QED) is 0.917. The van der Waals surface area contributed by atoms with Crippen molar-refractivity contribution in [3.63, 3.8) is 0 Å². The van der Waals surface area contributed by atoms with E-state index in [0.717, 1.165) is 0 Å². The van der Waals surface area contributed by atoms with E-state index in [0.29, 0.717) is 0 Å². The summed E-state index contributed by atoms with van der Waals surface area (Å²) < 4.78 is 51.1. The van der Waals surface area contributed by atoms with E-state index in [-0.39, 0.29) is 28.1 Å². The van der Waals surface area contributed by atoms with Crippen molar-refractivity contribution in [1.82, 2.24) is 10.2 Å². The Kier molecular flexibility index (Phi) is 4.34. The Morgan fingerprint density at radius 3 is 2.43 bits per heavy atom. The molecule has 0 aliphatic carbocycles. The van der Waals surface area contributed by atoms with Crippen molar-refractivity contribution in [2.75, 3.05) is 11.8 Å². The fourth-order valence-corrected chi connectivity index (χ4v) is 2.99. The molecule has 0 fully saturated rings. The molecule has 0 saturated carbocycles. The predicted molar refractivity (Wildman–Crippen MR) is 81.5 cm³/mol. The first-order valence-corrected chi connectivity index (χ1v) is 8.24. The van der Waals surface area contributed by atoms with Crippen molar-refractivity contribution < 1.29 is 22.0 Å². The number of halogens is 1. The molecule has 0 spiro atoms. The van der Waals surface area contributed by atoms with Crippen molar-refractivity contribution in [3.8, 4) is 5.75 Å². The number of hydrogen-bond acceptors (Lipinski definition) is 6. The number of rotatable bonds is 4. The van der Waals surface area contributed by atoms with Crippen LogP contribution in [0, 0.1) is 12.7 Å². The van der Waals surface area contributed by atoms with Gasteiger partial charge in [0.25, 0.3) is 10.0 Å².